The first-order valence-corrected chi connectivity index (χ1v) is 8.15. The van der Waals surface area contributed by atoms with E-state index in [1.807, 2.05) is 0 Å². The van der Waals surface area contributed by atoms with Crippen molar-refractivity contribution in [1.29, 1.82) is 0 Å². The van der Waals surface area contributed by atoms with Gasteiger partial charge in [0.2, 0.25) is 0 Å². The minimum absolute atomic E-state index is 0.871. The van der Waals surface area contributed by atoms with E-state index in [-0.39, 0.29) is 0 Å². The topological polar surface area (TPSA) is 14.1 Å². The highest BCUT2D eigenvalue weighted by Crippen LogP contribution is 2.43. The van der Waals surface area contributed by atoms with Crippen molar-refractivity contribution in [2.45, 2.75) is 51.9 Å². The van der Waals surface area contributed by atoms with Crippen molar-refractivity contribution < 1.29 is 0 Å². The maximum atomic E-state index is 4.49. The van der Waals surface area contributed by atoms with Crippen molar-refractivity contribution >= 4 is 15.9 Å². The molecular formula is C11H18NP2. The summed E-state index contributed by atoms with van der Waals surface area (Å²) in [6.45, 7) is 2.20. The van der Waals surface area contributed by atoms with Gasteiger partial charge in [-0.1, -0.05) is 32.1 Å². The summed E-state index contributed by atoms with van der Waals surface area (Å²) in [5.41, 5.74) is 1.35. The first-order chi connectivity index (χ1) is 6.88. The van der Waals surface area contributed by atoms with Gasteiger partial charge in [-0.05, 0) is 33.6 Å². The van der Waals surface area contributed by atoms with Gasteiger partial charge in [0.25, 0.3) is 0 Å². The molecule has 0 saturated heterocycles. The lowest BCUT2D eigenvalue weighted by Crippen LogP contribution is -2.05. The molecule has 1 aliphatic carbocycles. The highest BCUT2D eigenvalue weighted by atomic mass is 31.7. The van der Waals surface area contributed by atoms with E-state index in [0.717, 1.165) is 5.92 Å². The summed E-state index contributed by atoms with van der Waals surface area (Å²) in [6, 6.07) is 0. The molecule has 0 amide bonds. The van der Waals surface area contributed by atoms with Crippen LogP contribution in [0.4, 0.5) is 0 Å². The predicted octanol–water partition coefficient (Wildman–Crippen LogP) is 4.92. The molecule has 0 aromatic rings. The van der Waals surface area contributed by atoms with Gasteiger partial charge in [0, 0.05) is 5.31 Å². The van der Waals surface area contributed by atoms with Gasteiger partial charge in [0.1, 0.15) is 0 Å². The second-order valence-electron chi connectivity index (χ2n) is 4.30. The third kappa shape index (κ3) is 2.59. The molecule has 0 bridgehead atoms. The monoisotopic (exact) mass is 226 g/mol. The average molecular weight is 226 g/mol. The minimum Gasteiger partial charge on any atom is -0.227 e. The summed E-state index contributed by atoms with van der Waals surface area (Å²) in [4.78, 5) is 0. The van der Waals surface area contributed by atoms with Gasteiger partial charge >= 0.3 is 0 Å². The third-order valence-electron chi connectivity index (χ3n) is 3.21. The zero-order valence-electron chi connectivity index (χ0n) is 8.87. The van der Waals surface area contributed by atoms with Crippen LogP contribution in [0.5, 0.6) is 0 Å². The van der Waals surface area contributed by atoms with Gasteiger partial charge in [0.05, 0.1) is 13.7 Å². The predicted molar refractivity (Wildman–Crippen MR) is 64.5 cm³/mol. The van der Waals surface area contributed by atoms with Crippen LogP contribution in [0.1, 0.15) is 51.9 Å². The van der Waals surface area contributed by atoms with Gasteiger partial charge < -0.3 is 0 Å². The van der Waals surface area contributed by atoms with E-state index >= 15 is 0 Å². The molecule has 0 aromatic heterocycles. The van der Waals surface area contributed by atoms with Gasteiger partial charge in [0.15, 0.2) is 0 Å². The Morgan fingerprint density at radius 3 is 2.29 bits per heavy atom. The minimum atomic E-state index is 0.871. The molecule has 1 nitrogen and oxygen atoms in total. The molecule has 3 heteroatoms. The molecule has 1 radical (unpaired) electrons. The fourth-order valence-corrected chi connectivity index (χ4v) is 5.20. The summed E-state index contributed by atoms with van der Waals surface area (Å²) in [7, 11) is 2.74. The second kappa shape index (κ2) is 5.29. The average Bonchev–Trinajstić information content (AvgIpc) is 2.51. The molecule has 2 rings (SSSR count). The van der Waals surface area contributed by atoms with Crippen LogP contribution in [0.25, 0.3) is 0 Å². The lowest BCUT2D eigenvalue weighted by Gasteiger charge is -2.19. The molecule has 0 N–H and O–H groups in total. The lowest BCUT2D eigenvalue weighted by molar-refractivity contribution is 0.429. The quantitative estimate of drug-likeness (QED) is 0.563. The Labute approximate surface area is 90.2 Å². The Kier molecular flexibility index (Phi) is 4.02. The fourth-order valence-electron chi connectivity index (χ4n) is 2.37. The molecule has 0 atom stereocenters. The fraction of sp³-hybridized carbons (Fsp3) is 0.818. The number of allylic oxidation sites excluding steroid dienone is 2. The zero-order valence-corrected chi connectivity index (χ0v) is 10.7. The molecule has 0 unspecified atom stereocenters. The van der Waals surface area contributed by atoms with Crippen LogP contribution < -0.4 is 5.09 Å². The molecule has 0 spiro atoms. The van der Waals surface area contributed by atoms with Crippen molar-refractivity contribution in [3.05, 3.63) is 11.0 Å². The Morgan fingerprint density at radius 1 is 1.07 bits per heavy atom. The molecule has 1 aliphatic heterocycles. The van der Waals surface area contributed by atoms with Crippen LogP contribution in [0.15, 0.2) is 11.0 Å². The first-order valence-electron chi connectivity index (χ1n) is 5.70. The van der Waals surface area contributed by atoms with E-state index in [2.05, 4.69) is 12.0 Å². The maximum Gasteiger partial charge on any atom is 0.0699 e. The Bertz CT molecular complexity index is 250. The largest absolute Gasteiger partial charge is 0.227 e. The Balaban J connectivity index is 2.00. The molecule has 1 saturated carbocycles. The van der Waals surface area contributed by atoms with E-state index in [1.165, 1.54) is 66.5 Å². The summed E-state index contributed by atoms with van der Waals surface area (Å²) in [5, 5.41) is 6.15. The molecule has 2 aliphatic rings. The normalized spacial score (nSPS) is 26.9. The van der Waals surface area contributed by atoms with Gasteiger partial charge in [-0.25, -0.2) is 5.09 Å². The van der Waals surface area contributed by atoms with E-state index in [0.29, 0.717) is 0 Å². The Hall–Kier alpha value is 0.140. The van der Waals surface area contributed by atoms with Crippen molar-refractivity contribution in [1.82, 2.24) is 5.09 Å². The molecular weight excluding hydrogens is 208 g/mol. The first kappa shape index (κ1) is 10.7. The van der Waals surface area contributed by atoms with Crippen LogP contribution in [0.2, 0.25) is 0 Å². The zero-order chi connectivity index (χ0) is 9.80. The van der Waals surface area contributed by atoms with E-state index in [1.54, 1.807) is 5.31 Å². The lowest BCUT2D eigenvalue weighted by atomic mass is 9.90. The van der Waals surface area contributed by atoms with Crippen LogP contribution >= 0.6 is 15.9 Å². The van der Waals surface area contributed by atoms with E-state index in [9.17, 15) is 0 Å². The molecule has 1 fully saturated rings. The molecule has 0 aromatic carbocycles. The third-order valence-corrected chi connectivity index (χ3v) is 5.78. The van der Waals surface area contributed by atoms with Crippen molar-refractivity contribution in [3.63, 3.8) is 0 Å². The van der Waals surface area contributed by atoms with Crippen LogP contribution in [-0.2, 0) is 0 Å². The second-order valence-corrected chi connectivity index (χ2v) is 6.50. The standard InChI is InChI=1S/C11H18NP2/c1-9-11(13-14-12-9)10-7-5-3-2-4-6-8-10/h10H,2-8H2,1H3. The number of nitrogens with zero attached hydrogens (tertiary/aromatic N) is 1. The SMILES string of the molecule is CC1=C(C2CCCCCCC2)P=P[N]1. The summed E-state index contributed by atoms with van der Waals surface area (Å²) >= 11 is 0. The summed E-state index contributed by atoms with van der Waals surface area (Å²) in [6.07, 6.45) is 10.1. The number of rotatable bonds is 1. The van der Waals surface area contributed by atoms with Crippen molar-refractivity contribution in [3.8, 4) is 0 Å². The highest BCUT2D eigenvalue weighted by molar-refractivity contribution is 7.85. The Morgan fingerprint density at radius 2 is 1.71 bits per heavy atom. The van der Waals surface area contributed by atoms with Crippen molar-refractivity contribution in [2.24, 2.45) is 5.92 Å². The summed E-state index contributed by atoms with van der Waals surface area (Å²) < 4.78 is 0. The van der Waals surface area contributed by atoms with E-state index < -0.39 is 0 Å². The van der Waals surface area contributed by atoms with Gasteiger partial charge in [-0.15, -0.1) is 0 Å². The highest BCUT2D eigenvalue weighted by Gasteiger charge is 2.19. The van der Waals surface area contributed by atoms with Crippen LogP contribution in [0.3, 0.4) is 0 Å². The number of hydrogen-bond acceptors (Lipinski definition) is 0. The van der Waals surface area contributed by atoms with Gasteiger partial charge in [-0.3, -0.25) is 0 Å². The molecule has 77 valence electrons. The van der Waals surface area contributed by atoms with Crippen molar-refractivity contribution in [2.75, 3.05) is 0 Å². The smallest absolute Gasteiger partial charge is 0.0699 e. The van der Waals surface area contributed by atoms with Crippen LogP contribution in [-0.4, -0.2) is 0 Å². The van der Waals surface area contributed by atoms with Crippen LogP contribution in [0, 0.1) is 5.92 Å². The summed E-state index contributed by atoms with van der Waals surface area (Å²) in [5.74, 6) is 0.871. The number of hydrogen-bond donors (Lipinski definition) is 0. The molecule has 14 heavy (non-hydrogen) atoms. The maximum absolute atomic E-state index is 4.49. The molecule has 1 heterocycles. The van der Waals surface area contributed by atoms with E-state index in [4.69, 9.17) is 0 Å². The van der Waals surface area contributed by atoms with Gasteiger partial charge in [-0.2, -0.15) is 0 Å².